The number of nitrogens with zero attached hydrogens (tertiary/aromatic N) is 2. The number of nitriles is 1. The normalized spacial score (nSPS) is 10.4. The smallest absolute Gasteiger partial charge is 0.260 e. The molecule has 0 aliphatic heterocycles. The average Bonchev–Trinajstić information content (AvgIpc) is 2.20. The van der Waals surface area contributed by atoms with Gasteiger partial charge in [0.2, 0.25) is 0 Å². The van der Waals surface area contributed by atoms with E-state index in [4.69, 9.17) is 5.26 Å². The van der Waals surface area contributed by atoms with Gasteiger partial charge in [-0.3, -0.25) is 4.79 Å². The summed E-state index contributed by atoms with van der Waals surface area (Å²) in [5.41, 5.74) is -0.505. The molecule has 0 radical (unpaired) electrons. The predicted molar refractivity (Wildman–Crippen MR) is 59.5 cm³/mol. The highest BCUT2D eigenvalue weighted by Crippen LogP contribution is 2.24. The third-order valence-corrected chi connectivity index (χ3v) is 2.70. The molecule has 1 N–H and O–H groups in total. The minimum Gasteiger partial charge on any atom is -0.310 e. The summed E-state index contributed by atoms with van der Waals surface area (Å²) in [7, 11) is 0. The standard InChI is InChI=1S/C10H5BrFN3O/c1-4-14-7-2-6(11)9(12)5(3-13)8(7)10(16)15-4/h2H,1H3,(H,14,15,16). The van der Waals surface area contributed by atoms with Crippen LogP contribution in [0, 0.1) is 24.1 Å². The van der Waals surface area contributed by atoms with Crippen LogP contribution < -0.4 is 5.56 Å². The lowest BCUT2D eigenvalue weighted by molar-refractivity contribution is 0.619. The largest absolute Gasteiger partial charge is 0.310 e. The minimum atomic E-state index is -0.744. The molecule has 1 aromatic heterocycles. The van der Waals surface area contributed by atoms with E-state index in [2.05, 4.69) is 25.9 Å². The Balaban J connectivity index is 3.11. The fourth-order valence-electron chi connectivity index (χ4n) is 1.47. The van der Waals surface area contributed by atoms with Crippen molar-refractivity contribution < 1.29 is 4.39 Å². The van der Waals surface area contributed by atoms with Crippen molar-refractivity contribution in [3.8, 4) is 6.07 Å². The first-order valence-electron chi connectivity index (χ1n) is 4.33. The molecular weight excluding hydrogens is 277 g/mol. The van der Waals surface area contributed by atoms with Crippen LogP contribution in [0.15, 0.2) is 15.3 Å². The molecule has 1 aromatic carbocycles. The number of aromatic nitrogens is 2. The second kappa shape index (κ2) is 3.68. The molecule has 0 saturated carbocycles. The molecule has 1 heterocycles. The molecule has 80 valence electrons. The van der Waals surface area contributed by atoms with Gasteiger partial charge < -0.3 is 4.98 Å². The topological polar surface area (TPSA) is 69.5 Å². The van der Waals surface area contributed by atoms with Crippen molar-refractivity contribution in [1.82, 2.24) is 9.97 Å². The summed E-state index contributed by atoms with van der Waals surface area (Å²) in [4.78, 5) is 18.1. The van der Waals surface area contributed by atoms with Gasteiger partial charge in [-0.25, -0.2) is 9.37 Å². The van der Waals surface area contributed by atoms with Crippen molar-refractivity contribution in [2.75, 3.05) is 0 Å². The summed E-state index contributed by atoms with van der Waals surface area (Å²) in [5.74, 6) is -0.328. The second-order valence-corrected chi connectivity index (χ2v) is 4.06. The van der Waals surface area contributed by atoms with Gasteiger partial charge in [-0.15, -0.1) is 0 Å². The van der Waals surface area contributed by atoms with Gasteiger partial charge in [-0.1, -0.05) is 0 Å². The molecule has 6 heteroatoms. The van der Waals surface area contributed by atoms with E-state index in [-0.39, 0.29) is 15.4 Å². The molecule has 0 saturated heterocycles. The Bertz CT molecular complexity index is 687. The summed E-state index contributed by atoms with van der Waals surface area (Å²) < 4.78 is 13.7. The lowest BCUT2D eigenvalue weighted by Crippen LogP contribution is -2.12. The molecule has 2 rings (SSSR count). The van der Waals surface area contributed by atoms with Crippen LogP contribution in [0.25, 0.3) is 10.9 Å². The lowest BCUT2D eigenvalue weighted by Gasteiger charge is -2.03. The molecular formula is C10H5BrFN3O. The number of fused-ring (bicyclic) bond motifs is 1. The zero-order valence-electron chi connectivity index (χ0n) is 8.14. The number of aromatic amines is 1. The first kappa shape index (κ1) is 10.8. The molecule has 16 heavy (non-hydrogen) atoms. The molecule has 0 aliphatic rings. The van der Waals surface area contributed by atoms with E-state index in [0.29, 0.717) is 11.3 Å². The molecule has 0 amide bonds. The van der Waals surface area contributed by atoms with Crippen molar-refractivity contribution >= 4 is 26.8 Å². The first-order valence-corrected chi connectivity index (χ1v) is 5.12. The number of halogens is 2. The van der Waals surface area contributed by atoms with Gasteiger partial charge in [0.1, 0.15) is 17.5 Å². The van der Waals surface area contributed by atoms with E-state index >= 15 is 0 Å². The Kier molecular flexibility index (Phi) is 2.48. The molecule has 4 nitrogen and oxygen atoms in total. The maximum atomic E-state index is 13.6. The molecule has 2 aromatic rings. The predicted octanol–water partition coefficient (Wildman–Crippen LogP) is 2.00. The van der Waals surface area contributed by atoms with E-state index in [1.54, 1.807) is 13.0 Å². The van der Waals surface area contributed by atoms with Crippen molar-refractivity contribution in [2.45, 2.75) is 6.92 Å². The van der Waals surface area contributed by atoms with E-state index in [1.165, 1.54) is 6.07 Å². The maximum Gasteiger partial charge on any atom is 0.260 e. The molecule has 0 aliphatic carbocycles. The van der Waals surface area contributed by atoms with Crippen molar-refractivity contribution in [1.29, 1.82) is 5.26 Å². The summed E-state index contributed by atoms with van der Waals surface area (Å²) in [5, 5.41) is 8.82. The first-order chi connectivity index (χ1) is 7.54. The SMILES string of the molecule is Cc1nc2cc(Br)c(F)c(C#N)c2c(=O)[nH]1. The number of hydrogen-bond acceptors (Lipinski definition) is 3. The van der Waals surface area contributed by atoms with E-state index in [0.717, 1.165) is 0 Å². The molecule has 0 atom stereocenters. The Morgan fingerprint density at radius 1 is 1.62 bits per heavy atom. The Hall–Kier alpha value is -1.74. The third kappa shape index (κ3) is 1.49. The fourth-order valence-corrected chi connectivity index (χ4v) is 1.89. The minimum absolute atomic E-state index is 0.0196. The van der Waals surface area contributed by atoms with Gasteiger partial charge in [0.15, 0.2) is 5.82 Å². The number of hydrogen-bond donors (Lipinski definition) is 1. The highest BCUT2D eigenvalue weighted by molar-refractivity contribution is 9.10. The van der Waals surface area contributed by atoms with E-state index < -0.39 is 11.4 Å². The zero-order chi connectivity index (χ0) is 11.9. The number of aryl methyl sites for hydroxylation is 1. The highest BCUT2D eigenvalue weighted by Gasteiger charge is 2.15. The van der Waals surface area contributed by atoms with Crippen LogP contribution in [0.4, 0.5) is 4.39 Å². The van der Waals surface area contributed by atoms with Gasteiger partial charge in [0.05, 0.1) is 15.4 Å². The van der Waals surface area contributed by atoms with E-state index in [9.17, 15) is 9.18 Å². The summed E-state index contributed by atoms with van der Waals surface area (Å²) >= 11 is 2.98. The van der Waals surface area contributed by atoms with Crippen LogP contribution >= 0.6 is 15.9 Å². The highest BCUT2D eigenvalue weighted by atomic mass is 79.9. The number of benzene rings is 1. The third-order valence-electron chi connectivity index (χ3n) is 2.12. The van der Waals surface area contributed by atoms with Gasteiger partial charge >= 0.3 is 0 Å². The maximum absolute atomic E-state index is 13.6. The molecule has 0 fully saturated rings. The van der Waals surface area contributed by atoms with Crippen LogP contribution in [0.5, 0.6) is 0 Å². The van der Waals surface area contributed by atoms with Crippen LogP contribution in [0.3, 0.4) is 0 Å². The van der Waals surface area contributed by atoms with Crippen LogP contribution in [0.2, 0.25) is 0 Å². The Morgan fingerprint density at radius 3 is 2.94 bits per heavy atom. The monoisotopic (exact) mass is 281 g/mol. The van der Waals surface area contributed by atoms with Crippen LogP contribution in [-0.4, -0.2) is 9.97 Å². The summed E-state index contributed by atoms with van der Waals surface area (Å²) in [6.45, 7) is 1.62. The summed E-state index contributed by atoms with van der Waals surface area (Å²) in [6.07, 6.45) is 0. The summed E-state index contributed by atoms with van der Waals surface area (Å²) in [6, 6.07) is 3.06. The molecule has 0 bridgehead atoms. The number of rotatable bonds is 0. The van der Waals surface area contributed by atoms with Gasteiger partial charge in [0.25, 0.3) is 5.56 Å². The van der Waals surface area contributed by atoms with Crippen LogP contribution in [0.1, 0.15) is 11.4 Å². The van der Waals surface area contributed by atoms with Gasteiger partial charge in [-0.05, 0) is 28.9 Å². The van der Waals surface area contributed by atoms with Crippen LogP contribution in [-0.2, 0) is 0 Å². The Labute approximate surface area is 97.9 Å². The Morgan fingerprint density at radius 2 is 2.31 bits per heavy atom. The van der Waals surface area contributed by atoms with Crippen molar-refractivity contribution in [3.63, 3.8) is 0 Å². The number of nitrogens with one attached hydrogen (secondary N) is 1. The second-order valence-electron chi connectivity index (χ2n) is 3.20. The van der Waals surface area contributed by atoms with Gasteiger partial charge in [-0.2, -0.15) is 5.26 Å². The fraction of sp³-hybridized carbons (Fsp3) is 0.100. The average molecular weight is 282 g/mol. The van der Waals surface area contributed by atoms with Gasteiger partial charge in [0, 0.05) is 0 Å². The number of H-pyrrole nitrogens is 1. The van der Waals surface area contributed by atoms with E-state index in [1.807, 2.05) is 0 Å². The molecule has 0 unspecified atom stereocenters. The lowest BCUT2D eigenvalue weighted by atomic mass is 10.1. The van der Waals surface area contributed by atoms with Crippen molar-refractivity contribution in [3.05, 3.63) is 38.1 Å². The zero-order valence-corrected chi connectivity index (χ0v) is 9.72. The quantitative estimate of drug-likeness (QED) is 0.803. The van der Waals surface area contributed by atoms with Crippen molar-refractivity contribution in [2.24, 2.45) is 0 Å². The molecule has 0 spiro atoms.